The highest BCUT2D eigenvalue weighted by Crippen LogP contribution is 1.91. The SMILES string of the molecule is CN[C@@H](CC(=O)O)C(C)=O. The fourth-order valence-corrected chi connectivity index (χ4v) is 0.624. The normalized spacial score (nSPS) is 12.6. The largest absolute Gasteiger partial charge is 0.481 e. The number of Topliss-reactive ketones (excluding diaryl/α,β-unsaturated/α-hetero) is 1. The van der Waals surface area contributed by atoms with Crippen molar-refractivity contribution in [1.82, 2.24) is 5.32 Å². The first-order valence-electron chi connectivity index (χ1n) is 2.97. The summed E-state index contributed by atoms with van der Waals surface area (Å²) in [6, 6.07) is -0.544. The number of hydrogen-bond acceptors (Lipinski definition) is 3. The number of nitrogens with one attached hydrogen (secondary N) is 1. The minimum Gasteiger partial charge on any atom is -0.481 e. The molecule has 0 unspecified atom stereocenters. The number of carboxylic acid groups (broad SMARTS) is 1. The molecule has 0 aromatic carbocycles. The molecule has 0 amide bonds. The van der Waals surface area contributed by atoms with Crippen LogP contribution in [0.25, 0.3) is 0 Å². The van der Waals surface area contributed by atoms with Crippen LogP contribution in [-0.2, 0) is 9.59 Å². The third kappa shape index (κ3) is 3.19. The van der Waals surface area contributed by atoms with Crippen molar-refractivity contribution in [3.8, 4) is 0 Å². The Hall–Kier alpha value is -0.900. The number of likely N-dealkylation sites (N-methyl/N-ethyl adjacent to an activating group) is 1. The van der Waals surface area contributed by atoms with Crippen molar-refractivity contribution in [2.45, 2.75) is 19.4 Å². The highest BCUT2D eigenvalue weighted by Gasteiger charge is 2.14. The highest BCUT2D eigenvalue weighted by atomic mass is 16.4. The van der Waals surface area contributed by atoms with Crippen LogP contribution in [0.2, 0.25) is 0 Å². The molecule has 0 aliphatic carbocycles. The number of carboxylic acids is 1. The Morgan fingerprint density at radius 2 is 2.10 bits per heavy atom. The van der Waals surface area contributed by atoms with Gasteiger partial charge in [-0.05, 0) is 14.0 Å². The second-order valence-electron chi connectivity index (χ2n) is 2.05. The number of ketones is 1. The van der Waals surface area contributed by atoms with E-state index in [2.05, 4.69) is 5.32 Å². The minimum atomic E-state index is -0.963. The van der Waals surface area contributed by atoms with Crippen molar-refractivity contribution in [3.63, 3.8) is 0 Å². The molecule has 1 atom stereocenters. The third-order valence-corrected chi connectivity index (χ3v) is 1.22. The average Bonchev–Trinajstić information content (AvgIpc) is 1.81. The quantitative estimate of drug-likeness (QED) is 0.566. The summed E-state index contributed by atoms with van der Waals surface area (Å²) in [5.74, 6) is -1.11. The van der Waals surface area contributed by atoms with Crippen LogP contribution in [0.15, 0.2) is 0 Å². The van der Waals surface area contributed by atoms with Gasteiger partial charge in [0.15, 0.2) is 0 Å². The predicted octanol–water partition coefficient (Wildman–Crippen LogP) is -0.362. The predicted molar refractivity (Wildman–Crippen MR) is 35.8 cm³/mol. The zero-order chi connectivity index (χ0) is 8.15. The fourth-order valence-electron chi connectivity index (χ4n) is 0.624. The number of carbonyl (C=O) groups is 2. The summed E-state index contributed by atoms with van der Waals surface area (Å²) < 4.78 is 0. The van der Waals surface area contributed by atoms with Gasteiger partial charge in [-0.25, -0.2) is 0 Å². The summed E-state index contributed by atoms with van der Waals surface area (Å²) in [5.41, 5.74) is 0. The van der Waals surface area contributed by atoms with E-state index >= 15 is 0 Å². The lowest BCUT2D eigenvalue weighted by Gasteiger charge is -2.07. The van der Waals surface area contributed by atoms with E-state index < -0.39 is 12.0 Å². The molecule has 4 nitrogen and oxygen atoms in total. The molecule has 0 saturated carbocycles. The van der Waals surface area contributed by atoms with Crippen molar-refractivity contribution in [2.75, 3.05) is 7.05 Å². The fraction of sp³-hybridized carbons (Fsp3) is 0.667. The smallest absolute Gasteiger partial charge is 0.305 e. The lowest BCUT2D eigenvalue weighted by atomic mass is 10.1. The summed E-state index contributed by atoms with van der Waals surface area (Å²) in [5, 5.41) is 10.9. The van der Waals surface area contributed by atoms with E-state index in [0.717, 1.165) is 0 Å². The van der Waals surface area contributed by atoms with Crippen LogP contribution in [0.5, 0.6) is 0 Å². The van der Waals surface area contributed by atoms with Crippen LogP contribution in [0, 0.1) is 0 Å². The van der Waals surface area contributed by atoms with Gasteiger partial charge < -0.3 is 10.4 Å². The molecule has 0 rings (SSSR count). The van der Waals surface area contributed by atoms with E-state index in [1.807, 2.05) is 0 Å². The summed E-state index contributed by atoms with van der Waals surface area (Å²) in [4.78, 5) is 20.7. The van der Waals surface area contributed by atoms with E-state index in [1.165, 1.54) is 6.92 Å². The Kier molecular flexibility index (Phi) is 3.64. The van der Waals surface area contributed by atoms with Crippen molar-refractivity contribution in [3.05, 3.63) is 0 Å². The summed E-state index contributed by atoms with van der Waals surface area (Å²) in [6.07, 6.45) is -0.147. The number of carbonyl (C=O) groups excluding carboxylic acids is 1. The van der Waals surface area contributed by atoms with Crippen molar-refractivity contribution >= 4 is 11.8 Å². The van der Waals surface area contributed by atoms with Crippen LogP contribution in [0.3, 0.4) is 0 Å². The van der Waals surface area contributed by atoms with E-state index in [9.17, 15) is 9.59 Å². The average molecular weight is 145 g/mol. The Morgan fingerprint density at radius 1 is 1.60 bits per heavy atom. The van der Waals surface area contributed by atoms with Crippen molar-refractivity contribution in [2.24, 2.45) is 0 Å². The molecule has 4 heteroatoms. The van der Waals surface area contributed by atoms with Gasteiger partial charge in [0.1, 0.15) is 5.78 Å². The van der Waals surface area contributed by atoms with Crippen LogP contribution in [0.1, 0.15) is 13.3 Å². The Balaban J connectivity index is 3.83. The maximum atomic E-state index is 10.6. The molecule has 0 aliphatic rings. The van der Waals surface area contributed by atoms with Crippen LogP contribution in [-0.4, -0.2) is 29.9 Å². The van der Waals surface area contributed by atoms with Gasteiger partial charge in [0, 0.05) is 0 Å². The van der Waals surface area contributed by atoms with Crippen molar-refractivity contribution in [1.29, 1.82) is 0 Å². The standard InChI is InChI=1S/C6H11NO3/c1-4(8)5(7-2)3-6(9)10/h5,7H,3H2,1-2H3,(H,9,10)/t5-/m0/s1. The van der Waals surface area contributed by atoms with Crippen LogP contribution >= 0.6 is 0 Å². The second-order valence-corrected chi connectivity index (χ2v) is 2.05. The van der Waals surface area contributed by atoms with E-state index in [-0.39, 0.29) is 12.2 Å². The first-order valence-corrected chi connectivity index (χ1v) is 2.97. The van der Waals surface area contributed by atoms with Gasteiger partial charge in [0.25, 0.3) is 0 Å². The highest BCUT2D eigenvalue weighted by molar-refractivity contribution is 5.85. The molecule has 0 heterocycles. The molecule has 0 aromatic rings. The minimum absolute atomic E-state index is 0.147. The summed E-state index contributed by atoms with van der Waals surface area (Å²) in [6.45, 7) is 1.37. The van der Waals surface area contributed by atoms with E-state index in [4.69, 9.17) is 5.11 Å². The zero-order valence-electron chi connectivity index (χ0n) is 6.05. The Morgan fingerprint density at radius 3 is 2.20 bits per heavy atom. The Labute approximate surface area is 59.2 Å². The molecular weight excluding hydrogens is 134 g/mol. The van der Waals surface area contributed by atoms with Gasteiger partial charge in [-0.3, -0.25) is 9.59 Å². The lowest BCUT2D eigenvalue weighted by Crippen LogP contribution is -2.34. The molecule has 0 spiro atoms. The van der Waals surface area contributed by atoms with Gasteiger partial charge in [-0.2, -0.15) is 0 Å². The third-order valence-electron chi connectivity index (χ3n) is 1.22. The molecule has 10 heavy (non-hydrogen) atoms. The first kappa shape index (κ1) is 9.10. The van der Waals surface area contributed by atoms with Gasteiger partial charge in [0.05, 0.1) is 12.5 Å². The molecule has 58 valence electrons. The first-order chi connectivity index (χ1) is 4.57. The van der Waals surface area contributed by atoms with Crippen molar-refractivity contribution < 1.29 is 14.7 Å². The number of rotatable bonds is 4. The second kappa shape index (κ2) is 4.00. The van der Waals surface area contributed by atoms with E-state index in [0.29, 0.717) is 0 Å². The topological polar surface area (TPSA) is 66.4 Å². The molecule has 0 saturated heterocycles. The molecule has 0 bridgehead atoms. The van der Waals surface area contributed by atoms with E-state index in [1.54, 1.807) is 7.05 Å². The zero-order valence-corrected chi connectivity index (χ0v) is 6.05. The maximum Gasteiger partial charge on any atom is 0.305 e. The molecule has 0 fully saturated rings. The molecule has 0 aliphatic heterocycles. The number of aliphatic carboxylic acids is 1. The molecule has 0 aromatic heterocycles. The van der Waals surface area contributed by atoms with Gasteiger partial charge in [-0.15, -0.1) is 0 Å². The Bertz CT molecular complexity index is 144. The van der Waals surface area contributed by atoms with Gasteiger partial charge in [-0.1, -0.05) is 0 Å². The lowest BCUT2D eigenvalue weighted by molar-refractivity contribution is -0.139. The molecule has 2 N–H and O–H groups in total. The van der Waals surface area contributed by atoms with Crippen LogP contribution in [0.4, 0.5) is 0 Å². The van der Waals surface area contributed by atoms with Crippen LogP contribution < -0.4 is 5.32 Å². The number of hydrogen-bond donors (Lipinski definition) is 2. The van der Waals surface area contributed by atoms with Gasteiger partial charge in [0.2, 0.25) is 0 Å². The summed E-state index contributed by atoms with van der Waals surface area (Å²) in [7, 11) is 1.56. The van der Waals surface area contributed by atoms with Gasteiger partial charge >= 0.3 is 5.97 Å². The summed E-state index contributed by atoms with van der Waals surface area (Å²) >= 11 is 0. The molecule has 0 radical (unpaired) electrons. The maximum absolute atomic E-state index is 10.6. The monoisotopic (exact) mass is 145 g/mol. The molecular formula is C6H11NO3.